The van der Waals surface area contributed by atoms with Crippen molar-refractivity contribution in [2.24, 2.45) is 0 Å². The molecule has 9 heteroatoms. The van der Waals surface area contributed by atoms with Crippen molar-refractivity contribution >= 4 is 6.03 Å². The van der Waals surface area contributed by atoms with Gasteiger partial charge in [0.25, 0.3) is 0 Å². The van der Waals surface area contributed by atoms with Crippen LogP contribution in [0.4, 0.5) is 22.4 Å². The molecule has 4 rings (SSSR count). The highest BCUT2D eigenvalue weighted by Gasteiger charge is 2.41. The fourth-order valence-electron chi connectivity index (χ4n) is 4.62. The van der Waals surface area contributed by atoms with Gasteiger partial charge in [0, 0.05) is 18.7 Å². The van der Waals surface area contributed by atoms with Gasteiger partial charge in [-0.25, -0.2) is 9.18 Å². The molecule has 0 bridgehead atoms. The number of nitrogens with one attached hydrogen (secondary N) is 2. The van der Waals surface area contributed by atoms with E-state index < -0.39 is 29.1 Å². The van der Waals surface area contributed by atoms with E-state index in [0.29, 0.717) is 11.6 Å². The number of nitriles is 1. The summed E-state index contributed by atoms with van der Waals surface area (Å²) in [4.78, 5) is 17.6. The number of carbonyl (C=O) groups excluding carboxylic acids is 1. The molecule has 2 aromatic carbocycles. The summed E-state index contributed by atoms with van der Waals surface area (Å²) in [5.74, 6) is -1.09. The lowest BCUT2D eigenvalue weighted by Gasteiger charge is -2.36. The standard InChI is InChI=1S/C27H24F4N4O/c28-22-13-20(12-21(14-22)27(29,30)31)26(15-18-6-2-1-3-7-18,24-11-10-19(16-32)17-33-24)35-25(36)34-23-8-4-5-9-23/h1-3,6-7,10-14,17,23H,4-5,8-9,15H2,(H2,34,35,36)/t26-/m0/s1. The van der Waals surface area contributed by atoms with Gasteiger partial charge in [-0.3, -0.25) is 4.98 Å². The second kappa shape index (κ2) is 10.4. The minimum Gasteiger partial charge on any atom is -0.335 e. The van der Waals surface area contributed by atoms with E-state index in [-0.39, 0.29) is 29.3 Å². The van der Waals surface area contributed by atoms with Crippen molar-refractivity contribution in [3.8, 4) is 6.07 Å². The number of rotatable bonds is 6. The smallest absolute Gasteiger partial charge is 0.335 e. The van der Waals surface area contributed by atoms with Gasteiger partial charge < -0.3 is 10.6 Å². The summed E-state index contributed by atoms with van der Waals surface area (Å²) in [5, 5.41) is 15.0. The minimum atomic E-state index is -4.81. The topological polar surface area (TPSA) is 77.8 Å². The highest BCUT2D eigenvalue weighted by molar-refractivity contribution is 5.76. The van der Waals surface area contributed by atoms with E-state index in [4.69, 9.17) is 0 Å². The number of benzene rings is 2. The molecule has 1 fully saturated rings. The first-order chi connectivity index (χ1) is 17.2. The zero-order chi connectivity index (χ0) is 25.8. The molecule has 1 aliphatic carbocycles. The number of hydrogen-bond acceptors (Lipinski definition) is 3. The van der Waals surface area contributed by atoms with Gasteiger partial charge in [-0.15, -0.1) is 0 Å². The van der Waals surface area contributed by atoms with Crippen molar-refractivity contribution in [2.45, 2.75) is 49.9 Å². The predicted molar refractivity (Wildman–Crippen MR) is 125 cm³/mol. The molecule has 36 heavy (non-hydrogen) atoms. The Labute approximate surface area is 206 Å². The SMILES string of the molecule is N#Cc1ccc([C@@](Cc2ccccc2)(NC(=O)NC2CCCC2)c2cc(F)cc(C(F)(F)F)c2)nc1. The quantitative estimate of drug-likeness (QED) is 0.421. The number of halogens is 4. The van der Waals surface area contributed by atoms with Crippen molar-refractivity contribution in [1.82, 2.24) is 15.6 Å². The Morgan fingerprint density at radius 2 is 1.72 bits per heavy atom. The van der Waals surface area contributed by atoms with Crippen molar-refractivity contribution in [3.63, 3.8) is 0 Å². The van der Waals surface area contributed by atoms with Gasteiger partial charge in [0.05, 0.1) is 16.8 Å². The van der Waals surface area contributed by atoms with Gasteiger partial charge in [-0.05, 0) is 54.3 Å². The Bertz CT molecular complexity index is 1250. The number of nitrogens with zero attached hydrogens (tertiary/aromatic N) is 2. The first-order valence-corrected chi connectivity index (χ1v) is 11.6. The van der Waals surface area contributed by atoms with Crippen LogP contribution >= 0.6 is 0 Å². The van der Waals surface area contributed by atoms with Gasteiger partial charge >= 0.3 is 12.2 Å². The zero-order valence-corrected chi connectivity index (χ0v) is 19.3. The van der Waals surface area contributed by atoms with Gasteiger partial charge in [-0.1, -0.05) is 43.2 Å². The third kappa shape index (κ3) is 5.65. The van der Waals surface area contributed by atoms with Crippen molar-refractivity contribution in [2.75, 3.05) is 0 Å². The molecule has 0 unspecified atom stereocenters. The van der Waals surface area contributed by atoms with Crippen molar-refractivity contribution < 1.29 is 22.4 Å². The number of pyridine rings is 1. The Hall–Kier alpha value is -3.93. The summed E-state index contributed by atoms with van der Waals surface area (Å²) in [6, 6.07) is 15.3. The lowest BCUT2D eigenvalue weighted by molar-refractivity contribution is -0.137. The average molecular weight is 497 g/mol. The van der Waals surface area contributed by atoms with Gasteiger partial charge in [0.1, 0.15) is 17.4 Å². The Balaban J connectivity index is 1.90. The summed E-state index contributed by atoms with van der Waals surface area (Å²) in [5.41, 5.74) is -1.87. The molecule has 2 N–H and O–H groups in total. The predicted octanol–water partition coefficient (Wildman–Crippen LogP) is 5.84. The van der Waals surface area contributed by atoms with Crippen LogP contribution in [0.25, 0.3) is 0 Å². The van der Waals surface area contributed by atoms with Crippen LogP contribution in [0.3, 0.4) is 0 Å². The largest absolute Gasteiger partial charge is 0.416 e. The number of carbonyl (C=O) groups is 1. The Morgan fingerprint density at radius 3 is 2.33 bits per heavy atom. The highest BCUT2D eigenvalue weighted by atomic mass is 19.4. The summed E-state index contributed by atoms with van der Waals surface area (Å²) in [6.45, 7) is 0. The van der Waals surface area contributed by atoms with Gasteiger partial charge in [0.15, 0.2) is 0 Å². The maximum Gasteiger partial charge on any atom is 0.416 e. The van der Waals surface area contributed by atoms with Crippen molar-refractivity contribution in [1.29, 1.82) is 5.26 Å². The van der Waals surface area contributed by atoms with E-state index in [9.17, 15) is 27.6 Å². The molecule has 1 heterocycles. The van der Waals surface area contributed by atoms with Gasteiger partial charge in [-0.2, -0.15) is 18.4 Å². The lowest BCUT2D eigenvalue weighted by Crippen LogP contribution is -2.54. The molecule has 0 spiro atoms. The third-order valence-corrected chi connectivity index (χ3v) is 6.38. The van der Waals surface area contributed by atoms with Crippen LogP contribution in [0.1, 0.15) is 53.6 Å². The fraction of sp³-hybridized carbons (Fsp3) is 0.296. The second-order valence-electron chi connectivity index (χ2n) is 8.92. The fourth-order valence-corrected chi connectivity index (χ4v) is 4.62. The first kappa shape index (κ1) is 25.2. The monoisotopic (exact) mass is 496 g/mol. The highest BCUT2D eigenvalue weighted by Crippen LogP contribution is 2.37. The van der Waals surface area contributed by atoms with E-state index in [1.54, 1.807) is 30.3 Å². The van der Waals surface area contributed by atoms with E-state index >= 15 is 0 Å². The molecular weight excluding hydrogens is 472 g/mol. The molecule has 1 aliphatic rings. The molecule has 1 aromatic heterocycles. The van der Waals surface area contributed by atoms with Crippen LogP contribution in [0.2, 0.25) is 0 Å². The van der Waals surface area contributed by atoms with Crippen LogP contribution < -0.4 is 10.6 Å². The van der Waals surface area contributed by atoms with Crippen LogP contribution in [-0.4, -0.2) is 17.1 Å². The number of alkyl halides is 3. The maximum atomic E-state index is 14.6. The molecule has 0 saturated heterocycles. The molecule has 0 radical (unpaired) electrons. The number of aromatic nitrogens is 1. The lowest BCUT2D eigenvalue weighted by atomic mass is 9.79. The van der Waals surface area contributed by atoms with E-state index in [1.807, 2.05) is 6.07 Å². The number of urea groups is 1. The Kier molecular flexibility index (Phi) is 7.25. The van der Waals surface area contributed by atoms with Crippen LogP contribution in [-0.2, 0) is 18.1 Å². The van der Waals surface area contributed by atoms with Gasteiger partial charge in [0.2, 0.25) is 0 Å². The molecule has 0 aliphatic heterocycles. The maximum absolute atomic E-state index is 14.6. The molecule has 3 aromatic rings. The summed E-state index contributed by atoms with van der Waals surface area (Å²) < 4.78 is 55.7. The molecule has 186 valence electrons. The normalized spacial score (nSPS) is 15.6. The zero-order valence-electron chi connectivity index (χ0n) is 19.3. The molecular formula is C27H24F4N4O. The van der Waals surface area contributed by atoms with Crippen LogP contribution in [0, 0.1) is 17.1 Å². The molecule has 5 nitrogen and oxygen atoms in total. The number of hydrogen-bond donors (Lipinski definition) is 2. The third-order valence-electron chi connectivity index (χ3n) is 6.38. The molecule has 2 amide bonds. The molecule has 1 saturated carbocycles. The summed E-state index contributed by atoms with van der Waals surface area (Å²) >= 11 is 0. The Morgan fingerprint density at radius 1 is 1.03 bits per heavy atom. The number of amides is 2. The van der Waals surface area contributed by atoms with E-state index in [2.05, 4.69) is 15.6 Å². The first-order valence-electron chi connectivity index (χ1n) is 11.6. The van der Waals surface area contributed by atoms with E-state index in [1.165, 1.54) is 18.3 Å². The van der Waals surface area contributed by atoms with Crippen LogP contribution in [0.5, 0.6) is 0 Å². The summed E-state index contributed by atoms with van der Waals surface area (Å²) in [7, 11) is 0. The molecule has 1 atom stereocenters. The van der Waals surface area contributed by atoms with E-state index in [0.717, 1.165) is 37.8 Å². The minimum absolute atomic E-state index is 0.00836. The summed E-state index contributed by atoms with van der Waals surface area (Å²) in [6.07, 6.45) is -0.00816. The second-order valence-corrected chi connectivity index (χ2v) is 8.92. The van der Waals surface area contributed by atoms with Crippen molar-refractivity contribution in [3.05, 3.63) is 101 Å². The van der Waals surface area contributed by atoms with Crippen LogP contribution in [0.15, 0.2) is 66.9 Å². The average Bonchev–Trinajstić information content (AvgIpc) is 3.36.